The molecule has 63 heavy (non-hydrogen) atoms. The minimum atomic E-state index is -2.26. The Bertz CT molecular complexity index is 2150. The summed E-state index contributed by atoms with van der Waals surface area (Å²) in [5.74, 6) is -6.17. The van der Waals surface area contributed by atoms with Gasteiger partial charge in [0.2, 0.25) is 12.0 Å². The fraction of sp³-hybridized carbons (Fsp3) is 0.450. The number of phenols is 2. The number of carbonyl (C=O) groups excluding carboxylic acids is 2. The Morgan fingerprint density at radius 2 is 1.68 bits per heavy atom. The summed E-state index contributed by atoms with van der Waals surface area (Å²) in [7, 11) is 2.64. The van der Waals surface area contributed by atoms with Gasteiger partial charge in [0.1, 0.15) is 67.0 Å². The second kappa shape index (κ2) is 19.2. The van der Waals surface area contributed by atoms with Gasteiger partial charge in [-0.1, -0.05) is 0 Å². The van der Waals surface area contributed by atoms with Gasteiger partial charge in [-0.15, -0.1) is 0 Å². The lowest BCUT2D eigenvalue weighted by atomic mass is 9.98. The van der Waals surface area contributed by atoms with E-state index in [2.05, 4.69) is 5.32 Å². The Kier molecular flexibility index (Phi) is 14.1. The quantitative estimate of drug-likeness (QED) is 0.0559. The number of benzene rings is 2. The van der Waals surface area contributed by atoms with Crippen molar-refractivity contribution in [2.75, 3.05) is 40.6 Å². The number of allylic oxidation sites excluding steroid dienone is 1. The first-order valence-electron chi connectivity index (χ1n) is 19.2. The minimum absolute atomic E-state index is 0.0645. The molecule has 6 rings (SSSR count). The zero-order chi connectivity index (χ0) is 45.9. The highest BCUT2D eigenvalue weighted by molar-refractivity contribution is 5.89. The Morgan fingerprint density at radius 1 is 0.984 bits per heavy atom. The third-order valence-electron chi connectivity index (χ3n) is 10.9. The SMILES string of the molecule is COc1cc(C=CC(=O)OCC2(O)COC(OC3C(Oc4cc5c(cc4O)[NH+](CC=C4C=C(C(=O)O)NC(C(=O)O)C4)C(C(=O)[O-])C5)OC(CO)C(O)C3O)C2O)cc(OC)c1O. The van der Waals surface area contributed by atoms with Crippen molar-refractivity contribution in [3.8, 4) is 28.7 Å². The first kappa shape index (κ1) is 46.5. The normalized spacial score (nSPS) is 30.9. The van der Waals surface area contributed by atoms with Crippen LogP contribution in [-0.2, 0) is 44.5 Å². The van der Waals surface area contributed by atoms with Gasteiger partial charge in [-0.25, -0.2) is 14.4 Å². The summed E-state index contributed by atoms with van der Waals surface area (Å²) in [6.45, 7) is -2.40. The number of hydrogen-bond donors (Lipinski definition) is 11. The molecule has 0 saturated carbocycles. The maximum Gasteiger partial charge on any atom is 0.351 e. The molecule has 2 saturated heterocycles. The van der Waals surface area contributed by atoms with Crippen LogP contribution in [0.1, 0.15) is 17.5 Å². The lowest BCUT2D eigenvalue weighted by Crippen LogP contribution is -3.11. The molecule has 4 aliphatic heterocycles. The lowest BCUT2D eigenvalue weighted by molar-refractivity contribution is -0.840. The highest BCUT2D eigenvalue weighted by Crippen LogP contribution is 2.39. The number of nitrogens with one attached hydrogen (secondary N) is 2. The number of aromatic hydroxyl groups is 2. The zero-order valence-electron chi connectivity index (χ0n) is 33.5. The van der Waals surface area contributed by atoms with Gasteiger partial charge in [-0.2, -0.15) is 0 Å². The summed E-state index contributed by atoms with van der Waals surface area (Å²) >= 11 is 0. The number of fused-ring (bicyclic) bond motifs is 1. The average Bonchev–Trinajstić information content (AvgIpc) is 3.75. The first-order valence-corrected chi connectivity index (χ1v) is 19.2. The molecule has 11 unspecified atom stereocenters. The van der Waals surface area contributed by atoms with E-state index in [1.807, 2.05) is 0 Å². The molecule has 0 aliphatic carbocycles. The highest BCUT2D eigenvalue weighted by Gasteiger charge is 2.54. The Morgan fingerprint density at radius 3 is 2.30 bits per heavy atom. The highest BCUT2D eigenvalue weighted by atomic mass is 16.8. The van der Waals surface area contributed by atoms with Crippen LogP contribution in [0, 0.1) is 0 Å². The number of quaternary nitrogens is 1. The maximum absolute atomic E-state index is 12.6. The number of carbonyl (C=O) groups is 4. The molecule has 4 aliphatic rings. The van der Waals surface area contributed by atoms with E-state index in [0.29, 0.717) is 16.7 Å². The monoisotopic (exact) mass is 890 g/mol. The van der Waals surface area contributed by atoms with Gasteiger partial charge in [0, 0.05) is 30.5 Å². The van der Waals surface area contributed by atoms with Gasteiger partial charge < -0.3 is 94.3 Å². The van der Waals surface area contributed by atoms with E-state index in [4.69, 9.17) is 33.2 Å². The summed E-state index contributed by atoms with van der Waals surface area (Å²) in [5, 5.41) is 109. The number of aliphatic hydroxyl groups is 5. The number of carboxylic acid groups (broad SMARTS) is 3. The van der Waals surface area contributed by atoms with Crippen LogP contribution in [-0.4, -0.2) is 171 Å². The molecular formula is C40H46N2O21. The van der Waals surface area contributed by atoms with Crippen molar-refractivity contribution in [1.29, 1.82) is 0 Å². The molecule has 2 aromatic rings. The minimum Gasteiger partial charge on any atom is -0.544 e. The van der Waals surface area contributed by atoms with Crippen LogP contribution in [0.5, 0.6) is 28.7 Å². The first-order chi connectivity index (χ1) is 29.9. The topological polar surface area (TPSA) is 354 Å². The molecule has 23 nitrogen and oxygen atoms in total. The number of methoxy groups -OCH3 is 2. The van der Waals surface area contributed by atoms with Crippen LogP contribution in [0.2, 0.25) is 0 Å². The Hall–Kier alpha value is -6.02. The maximum atomic E-state index is 12.6. The van der Waals surface area contributed by atoms with E-state index in [9.17, 15) is 70.2 Å². The number of esters is 1. The number of aliphatic carboxylic acids is 3. The third kappa shape index (κ3) is 9.96. The molecule has 11 atom stereocenters. The van der Waals surface area contributed by atoms with Crippen LogP contribution in [0.25, 0.3) is 6.08 Å². The van der Waals surface area contributed by atoms with Gasteiger partial charge in [0.05, 0.1) is 27.4 Å². The number of ether oxygens (including phenoxy) is 7. The van der Waals surface area contributed by atoms with Crippen molar-refractivity contribution in [2.24, 2.45) is 0 Å². The predicted octanol–water partition coefficient (Wildman–Crippen LogP) is -4.44. The summed E-state index contributed by atoms with van der Waals surface area (Å²) in [4.78, 5) is 48.4. The molecule has 342 valence electrons. The number of aliphatic hydroxyl groups excluding tert-OH is 4. The molecular weight excluding hydrogens is 844 g/mol. The lowest BCUT2D eigenvalue weighted by Gasteiger charge is -2.42. The molecule has 4 heterocycles. The fourth-order valence-corrected chi connectivity index (χ4v) is 7.49. The van der Waals surface area contributed by atoms with Crippen LogP contribution < -0.4 is 29.5 Å². The van der Waals surface area contributed by atoms with Crippen molar-refractivity contribution < 1.29 is 108 Å². The third-order valence-corrected chi connectivity index (χ3v) is 10.9. The van der Waals surface area contributed by atoms with E-state index in [1.165, 1.54) is 56.7 Å². The fourth-order valence-electron chi connectivity index (χ4n) is 7.49. The average molecular weight is 891 g/mol. The Labute approximate surface area is 356 Å². The zero-order valence-corrected chi connectivity index (χ0v) is 33.5. The summed E-state index contributed by atoms with van der Waals surface area (Å²) < 4.78 is 38.2. The summed E-state index contributed by atoms with van der Waals surface area (Å²) in [6.07, 6.45) is -7.70. The van der Waals surface area contributed by atoms with E-state index in [0.717, 1.165) is 6.08 Å². The number of hydrogen-bond acceptors (Lipinski definition) is 20. The van der Waals surface area contributed by atoms with Gasteiger partial charge in [0.15, 0.2) is 41.0 Å². The molecule has 11 N–H and O–H groups in total. The standard InChI is InChI=1S/C40H46N2O21/c1-57-26-9-17(10-27(58-2)30(26)46)3-4-29(45)59-15-40(56)16-60-39(34(40)49)63-33-32(48)31(47)28(14-43)62-38(33)61-25-12-19-11-23(37(54)55)42(22(19)13-24(25)44)6-5-18-7-20(35(50)51)41-21(8-18)36(52)53/h3-5,7,9-10,12-13,21,23,28,31-34,38-39,41,43-44,46-49,56H,6,8,11,14-16H2,1-2H3,(H,50,51)(H,52,53)(H,54,55). The molecule has 23 heteroatoms. The number of phenolic OH excluding ortho intramolecular Hbond substituents is 2. The molecule has 0 aromatic heterocycles. The van der Waals surface area contributed by atoms with Gasteiger partial charge in [0.25, 0.3) is 0 Å². The molecule has 2 fully saturated rings. The number of rotatable bonds is 16. The van der Waals surface area contributed by atoms with Crippen LogP contribution in [0.4, 0.5) is 5.69 Å². The summed E-state index contributed by atoms with van der Waals surface area (Å²) in [5.41, 5.74) is -1.34. The second-order valence-corrected chi connectivity index (χ2v) is 15.0. The molecule has 0 bridgehead atoms. The van der Waals surface area contributed by atoms with Crippen molar-refractivity contribution >= 4 is 35.6 Å². The van der Waals surface area contributed by atoms with E-state index in [1.54, 1.807) is 0 Å². The largest absolute Gasteiger partial charge is 0.544 e. The number of carboxylic acids is 3. The van der Waals surface area contributed by atoms with Crippen molar-refractivity contribution in [3.05, 3.63) is 64.9 Å². The van der Waals surface area contributed by atoms with E-state index < -0.39 is 110 Å². The van der Waals surface area contributed by atoms with Crippen molar-refractivity contribution in [2.45, 2.75) is 73.6 Å². The molecule has 0 spiro atoms. The van der Waals surface area contributed by atoms with Gasteiger partial charge >= 0.3 is 17.9 Å². The molecule has 0 amide bonds. The van der Waals surface area contributed by atoms with Crippen molar-refractivity contribution in [3.63, 3.8) is 0 Å². The Balaban J connectivity index is 1.16. The van der Waals surface area contributed by atoms with Gasteiger partial charge in [-0.3, -0.25) is 4.90 Å². The second-order valence-electron chi connectivity index (χ2n) is 15.0. The predicted molar refractivity (Wildman–Crippen MR) is 204 cm³/mol. The van der Waals surface area contributed by atoms with Gasteiger partial charge in [-0.05, 0) is 47.6 Å². The van der Waals surface area contributed by atoms with E-state index in [-0.39, 0.29) is 58.7 Å². The van der Waals surface area contributed by atoms with E-state index >= 15 is 0 Å². The van der Waals surface area contributed by atoms with Crippen LogP contribution in [0.3, 0.4) is 0 Å². The van der Waals surface area contributed by atoms with Crippen LogP contribution in [0.15, 0.2) is 53.8 Å². The molecule has 0 radical (unpaired) electrons. The molecule has 2 aromatic carbocycles. The summed E-state index contributed by atoms with van der Waals surface area (Å²) in [6, 6.07) is 2.81. The smallest absolute Gasteiger partial charge is 0.351 e. The van der Waals surface area contributed by atoms with Crippen molar-refractivity contribution in [1.82, 2.24) is 5.32 Å². The van der Waals surface area contributed by atoms with Crippen LogP contribution >= 0.6 is 0 Å².